The van der Waals surface area contributed by atoms with Gasteiger partial charge in [-0.1, -0.05) is 57.5 Å². The topological polar surface area (TPSA) is 90.4 Å². The summed E-state index contributed by atoms with van der Waals surface area (Å²) >= 11 is 0. The minimum absolute atomic E-state index is 0.0694. The van der Waals surface area contributed by atoms with Gasteiger partial charge in [0.1, 0.15) is 11.6 Å². The van der Waals surface area contributed by atoms with Crippen molar-refractivity contribution in [1.82, 2.24) is 9.80 Å². The van der Waals surface area contributed by atoms with Crippen molar-refractivity contribution < 1.29 is 24.2 Å². The molecule has 1 N–H and O–H groups in total. The zero-order valence-electron chi connectivity index (χ0n) is 26.2. The van der Waals surface area contributed by atoms with E-state index in [-0.39, 0.29) is 36.8 Å². The molecule has 3 heterocycles. The van der Waals surface area contributed by atoms with Crippen molar-refractivity contribution in [1.29, 1.82) is 0 Å². The summed E-state index contributed by atoms with van der Waals surface area (Å²) in [6.45, 7) is 19.9. The largest absolute Gasteiger partial charge is 0.394 e. The van der Waals surface area contributed by atoms with Crippen LogP contribution in [0.2, 0.25) is 0 Å². The average Bonchev–Trinajstić information content (AvgIpc) is 3.58. The number of nitrogens with zero attached hydrogens (tertiary/aromatic N) is 3. The number of amides is 3. The van der Waals surface area contributed by atoms with Crippen molar-refractivity contribution in [2.75, 3.05) is 24.6 Å². The van der Waals surface area contributed by atoms with Crippen molar-refractivity contribution in [2.45, 2.75) is 96.1 Å². The molecular formula is C34H49N3O5. The first-order valence-corrected chi connectivity index (χ1v) is 15.4. The number of benzene rings is 1. The summed E-state index contributed by atoms with van der Waals surface area (Å²) in [5, 5.41) is 10.7. The van der Waals surface area contributed by atoms with E-state index in [2.05, 4.69) is 13.2 Å². The molecule has 0 radical (unpaired) electrons. The Hall–Kier alpha value is -2.97. The highest BCUT2D eigenvalue weighted by molar-refractivity contribution is 6.03. The van der Waals surface area contributed by atoms with E-state index in [1.807, 2.05) is 71.9 Å². The van der Waals surface area contributed by atoms with Crippen molar-refractivity contribution in [2.24, 2.45) is 17.8 Å². The number of aliphatic hydroxyl groups is 1. The van der Waals surface area contributed by atoms with Gasteiger partial charge in [0, 0.05) is 24.3 Å². The Morgan fingerprint density at radius 3 is 2.29 bits per heavy atom. The van der Waals surface area contributed by atoms with Gasteiger partial charge in [0.05, 0.1) is 30.1 Å². The Morgan fingerprint density at radius 2 is 1.76 bits per heavy atom. The number of fused-ring (bicyclic) bond motifs is 1. The van der Waals surface area contributed by atoms with Crippen molar-refractivity contribution in [3.63, 3.8) is 0 Å². The summed E-state index contributed by atoms with van der Waals surface area (Å²) in [6, 6.07) is 7.85. The number of hydrogen-bond donors (Lipinski definition) is 1. The minimum atomic E-state index is -1.17. The number of rotatable bonds is 12. The predicted octanol–water partition coefficient (Wildman–Crippen LogP) is 4.58. The maximum atomic E-state index is 14.8. The lowest BCUT2D eigenvalue weighted by atomic mass is 9.64. The number of anilines is 1. The molecule has 1 aromatic rings. The Bertz CT molecular complexity index is 1200. The van der Waals surface area contributed by atoms with Gasteiger partial charge in [0.25, 0.3) is 0 Å². The fraction of sp³-hybridized carbons (Fsp3) is 0.618. The number of para-hydroxylation sites is 1. The van der Waals surface area contributed by atoms with E-state index in [9.17, 15) is 19.5 Å². The van der Waals surface area contributed by atoms with Gasteiger partial charge in [-0.05, 0) is 58.1 Å². The summed E-state index contributed by atoms with van der Waals surface area (Å²) in [6.07, 6.45) is 5.69. The van der Waals surface area contributed by atoms with Gasteiger partial charge in [0.15, 0.2) is 0 Å². The van der Waals surface area contributed by atoms with Crippen LogP contribution in [0.1, 0.15) is 67.2 Å². The number of hydrogen-bond acceptors (Lipinski definition) is 5. The first-order valence-electron chi connectivity index (χ1n) is 15.4. The highest BCUT2D eigenvalue weighted by Gasteiger charge is 2.79. The summed E-state index contributed by atoms with van der Waals surface area (Å²) < 4.78 is 7.01. The maximum absolute atomic E-state index is 14.8. The molecule has 3 fully saturated rings. The number of carbonyl (C=O) groups excluding carboxylic acids is 3. The SMILES string of the molecule is C=CCN(C(=O)[C@@H]1[C@H]2C(=O)N([C@@H](CO)[C@@H](C)CC)C(C(=O)N(CC=C)C(C)(C)C)C23CC[C@@]1(CC)O3)c1ccccc1. The van der Waals surface area contributed by atoms with E-state index in [1.54, 1.807) is 26.9 Å². The fourth-order valence-corrected chi connectivity index (χ4v) is 7.68. The summed E-state index contributed by atoms with van der Waals surface area (Å²) in [7, 11) is 0. The van der Waals surface area contributed by atoms with E-state index < -0.39 is 40.7 Å². The first kappa shape index (κ1) is 32.0. The molecule has 8 nitrogen and oxygen atoms in total. The molecule has 1 aromatic carbocycles. The molecule has 7 atom stereocenters. The van der Waals surface area contributed by atoms with Gasteiger partial charge in [-0.25, -0.2) is 0 Å². The average molecular weight is 580 g/mol. The second-order valence-electron chi connectivity index (χ2n) is 13.2. The second-order valence-corrected chi connectivity index (χ2v) is 13.2. The zero-order chi connectivity index (χ0) is 31.0. The van der Waals surface area contributed by atoms with Gasteiger partial charge < -0.3 is 24.5 Å². The van der Waals surface area contributed by atoms with Gasteiger partial charge in [-0.2, -0.15) is 0 Å². The highest BCUT2D eigenvalue weighted by Crippen LogP contribution is 2.65. The quantitative estimate of drug-likeness (QED) is 0.366. The molecule has 3 saturated heterocycles. The Morgan fingerprint density at radius 1 is 1.12 bits per heavy atom. The van der Waals surface area contributed by atoms with Crippen molar-refractivity contribution in [3.05, 3.63) is 55.6 Å². The standard InChI is InChI=1S/C34H49N3O5/c1-9-20-35(24-16-14-13-15-17-24)29(39)26-27-30(40)37(25(22-38)23(5)11-3)28(31(41)36(21-10-2)32(6,7)8)34(27)19-18-33(26,12-4)42-34/h9-10,13-17,23,25-28,38H,1-2,11-12,18-22H2,3-8H3/t23-,25-,26-,27-,28?,33+,34?/m0/s1. The predicted molar refractivity (Wildman–Crippen MR) is 165 cm³/mol. The van der Waals surface area contributed by atoms with E-state index in [4.69, 9.17) is 4.74 Å². The molecule has 1 spiro atoms. The zero-order valence-corrected chi connectivity index (χ0v) is 26.2. The summed E-state index contributed by atoms with van der Waals surface area (Å²) in [4.78, 5) is 49.2. The monoisotopic (exact) mass is 579 g/mol. The number of carbonyl (C=O) groups is 3. The van der Waals surface area contributed by atoms with Crippen LogP contribution in [0, 0.1) is 17.8 Å². The van der Waals surface area contributed by atoms with Crippen LogP contribution in [0.3, 0.4) is 0 Å². The van der Waals surface area contributed by atoms with E-state index in [0.29, 0.717) is 32.2 Å². The number of aliphatic hydroxyl groups excluding tert-OH is 1. The molecule has 2 unspecified atom stereocenters. The summed E-state index contributed by atoms with van der Waals surface area (Å²) in [5.74, 6) is -2.39. The molecule has 4 rings (SSSR count). The molecule has 0 aliphatic carbocycles. The first-order chi connectivity index (χ1) is 19.9. The van der Waals surface area contributed by atoms with Crippen LogP contribution in [0.5, 0.6) is 0 Å². The third kappa shape index (κ3) is 4.90. The minimum Gasteiger partial charge on any atom is -0.394 e. The van der Waals surface area contributed by atoms with E-state index in [1.165, 1.54) is 0 Å². The van der Waals surface area contributed by atoms with Crippen LogP contribution in [0.25, 0.3) is 0 Å². The lowest BCUT2D eigenvalue weighted by Crippen LogP contribution is -2.62. The van der Waals surface area contributed by atoms with Crippen LogP contribution < -0.4 is 4.90 Å². The maximum Gasteiger partial charge on any atom is 0.249 e. The van der Waals surface area contributed by atoms with Gasteiger partial charge >= 0.3 is 0 Å². The second kappa shape index (κ2) is 12.0. The fourth-order valence-electron chi connectivity index (χ4n) is 7.68. The van der Waals surface area contributed by atoms with Crippen LogP contribution >= 0.6 is 0 Å². The molecule has 3 amide bonds. The molecule has 2 bridgehead atoms. The third-order valence-corrected chi connectivity index (χ3v) is 10.00. The normalized spacial score (nSPS) is 29.6. The molecule has 230 valence electrons. The van der Waals surface area contributed by atoms with Crippen molar-refractivity contribution >= 4 is 23.4 Å². The van der Waals surface area contributed by atoms with E-state index in [0.717, 1.165) is 5.69 Å². The molecule has 3 aliphatic heterocycles. The number of ether oxygens (including phenoxy) is 1. The third-order valence-electron chi connectivity index (χ3n) is 10.00. The van der Waals surface area contributed by atoms with Crippen LogP contribution in [0.4, 0.5) is 5.69 Å². The summed E-state index contributed by atoms with van der Waals surface area (Å²) in [5.41, 5.74) is -1.88. The van der Waals surface area contributed by atoms with Gasteiger partial charge in [0.2, 0.25) is 17.7 Å². The Balaban J connectivity index is 1.91. The van der Waals surface area contributed by atoms with E-state index >= 15 is 0 Å². The highest BCUT2D eigenvalue weighted by atomic mass is 16.5. The Labute approximate surface area is 251 Å². The van der Waals surface area contributed by atoms with Crippen LogP contribution in [-0.4, -0.2) is 81.1 Å². The molecular weight excluding hydrogens is 530 g/mol. The molecule has 8 heteroatoms. The van der Waals surface area contributed by atoms with Gasteiger partial charge in [-0.3, -0.25) is 14.4 Å². The molecule has 0 saturated carbocycles. The lowest BCUT2D eigenvalue weighted by molar-refractivity contribution is -0.160. The Kier molecular flexibility index (Phi) is 9.10. The molecule has 0 aromatic heterocycles. The smallest absolute Gasteiger partial charge is 0.249 e. The van der Waals surface area contributed by atoms with Crippen LogP contribution in [0.15, 0.2) is 55.6 Å². The van der Waals surface area contributed by atoms with Gasteiger partial charge in [-0.15, -0.1) is 13.2 Å². The van der Waals surface area contributed by atoms with Crippen LogP contribution in [-0.2, 0) is 19.1 Å². The molecule has 3 aliphatic rings. The molecule has 42 heavy (non-hydrogen) atoms. The number of likely N-dealkylation sites (tertiary alicyclic amines) is 1. The lowest BCUT2D eigenvalue weighted by Gasteiger charge is -2.44. The van der Waals surface area contributed by atoms with Crippen molar-refractivity contribution in [3.8, 4) is 0 Å².